The molecular weight excluding hydrogens is 399 g/mol. The highest BCUT2D eigenvalue weighted by atomic mass is 19.1. The summed E-state index contributed by atoms with van der Waals surface area (Å²) in [6, 6.07) is 8.41. The topological polar surface area (TPSA) is 144 Å². The molecule has 0 spiro atoms. The predicted molar refractivity (Wildman–Crippen MR) is 101 cm³/mol. The lowest BCUT2D eigenvalue weighted by atomic mass is 10.1. The number of imide groups is 1. The van der Waals surface area contributed by atoms with Crippen molar-refractivity contribution in [3.8, 4) is 0 Å². The zero-order chi connectivity index (χ0) is 22.0. The summed E-state index contributed by atoms with van der Waals surface area (Å²) in [4.78, 5) is 61.3. The van der Waals surface area contributed by atoms with Crippen LogP contribution in [0.1, 0.15) is 27.1 Å². The maximum atomic E-state index is 13.2. The van der Waals surface area contributed by atoms with E-state index in [4.69, 9.17) is 5.73 Å². The molecule has 11 heteroatoms. The minimum Gasteiger partial charge on any atom is -0.370 e. The van der Waals surface area contributed by atoms with Crippen LogP contribution in [-0.2, 0) is 9.59 Å². The number of nitrogens with zero attached hydrogens (tertiary/aromatic N) is 3. The van der Waals surface area contributed by atoms with E-state index >= 15 is 0 Å². The quantitative estimate of drug-likeness (QED) is 0.410. The number of carbonyl (C=O) groups is 4. The molecule has 2 aromatic carbocycles. The Morgan fingerprint density at radius 1 is 1.10 bits per heavy atom. The van der Waals surface area contributed by atoms with Crippen LogP contribution < -0.4 is 10.6 Å². The first-order valence-corrected chi connectivity index (χ1v) is 8.68. The fraction of sp³-hybridized carbons (Fsp3) is 0.158. The number of halogens is 1. The highest BCUT2D eigenvalue weighted by Gasteiger charge is 2.42. The highest BCUT2D eigenvalue weighted by molar-refractivity contribution is 6.24. The maximum absolute atomic E-state index is 13.2. The first-order chi connectivity index (χ1) is 14.2. The summed E-state index contributed by atoms with van der Waals surface area (Å²) >= 11 is 0. The number of hydrogen-bond acceptors (Lipinski definition) is 6. The first kappa shape index (κ1) is 20.6. The van der Waals surface area contributed by atoms with Crippen LogP contribution in [0.4, 0.5) is 15.8 Å². The van der Waals surface area contributed by atoms with Gasteiger partial charge in [0.15, 0.2) is 0 Å². The van der Waals surface area contributed by atoms with Gasteiger partial charge < -0.3 is 10.6 Å². The van der Waals surface area contributed by atoms with Gasteiger partial charge in [0.2, 0.25) is 11.8 Å². The van der Waals surface area contributed by atoms with Gasteiger partial charge >= 0.3 is 0 Å². The summed E-state index contributed by atoms with van der Waals surface area (Å²) in [5, 5.41) is 11.2. The zero-order valence-electron chi connectivity index (χ0n) is 15.4. The van der Waals surface area contributed by atoms with Crippen LogP contribution in [0.25, 0.3) is 0 Å². The van der Waals surface area contributed by atoms with Crippen LogP contribution in [0.5, 0.6) is 0 Å². The number of fused-ring (bicyclic) bond motifs is 1. The molecule has 154 valence electrons. The van der Waals surface area contributed by atoms with Crippen molar-refractivity contribution < 1.29 is 28.5 Å². The Balaban J connectivity index is 1.88. The third-order valence-corrected chi connectivity index (χ3v) is 4.49. The number of anilines is 1. The van der Waals surface area contributed by atoms with Crippen molar-refractivity contribution in [3.05, 3.63) is 69.5 Å². The molecule has 0 unspecified atom stereocenters. The molecular formula is C19H15FN4O6. The number of nitrogens with two attached hydrogens (primary N) is 1. The average molecular weight is 414 g/mol. The second-order valence-electron chi connectivity index (χ2n) is 6.39. The zero-order valence-corrected chi connectivity index (χ0v) is 15.4. The van der Waals surface area contributed by atoms with Crippen molar-refractivity contribution in [2.75, 3.05) is 18.0 Å². The van der Waals surface area contributed by atoms with E-state index < -0.39 is 46.6 Å². The fourth-order valence-corrected chi connectivity index (χ4v) is 3.07. The molecule has 1 heterocycles. The number of rotatable bonds is 7. The van der Waals surface area contributed by atoms with Gasteiger partial charge in [-0.15, -0.1) is 0 Å². The van der Waals surface area contributed by atoms with E-state index in [1.807, 2.05) is 0 Å². The Morgan fingerprint density at radius 3 is 2.37 bits per heavy atom. The molecule has 10 nitrogen and oxygen atoms in total. The third kappa shape index (κ3) is 3.85. The lowest BCUT2D eigenvalue weighted by Gasteiger charge is -2.24. The summed E-state index contributed by atoms with van der Waals surface area (Å²) in [7, 11) is 0. The molecule has 1 aliphatic heterocycles. The molecule has 4 amide bonds. The number of amides is 4. The molecule has 3 rings (SSSR count). The Hall–Kier alpha value is -4.15. The smallest absolute Gasteiger partial charge is 0.282 e. The van der Waals surface area contributed by atoms with Crippen molar-refractivity contribution >= 4 is 35.0 Å². The second kappa shape index (κ2) is 8.07. The molecule has 0 saturated carbocycles. The van der Waals surface area contributed by atoms with Gasteiger partial charge in [-0.2, -0.15) is 0 Å². The lowest BCUT2D eigenvalue weighted by Crippen LogP contribution is -2.44. The van der Waals surface area contributed by atoms with Gasteiger partial charge in [-0.05, 0) is 30.3 Å². The van der Waals surface area contributed by atoms with E-state index in [1.165, 1.54) is 24.3 Å². The molecule has 2 N–H and O–H groups in total. The number of nitro groups is 1. The van der Waals surface area contributed by atoms with Gasteiger partial charge in [0.05, 0.1) is 10.5 Å². The van der Waals surface area contributed by atoms with E-state index in [-0.39, 0.29) is 29.8 Å². The number of primary amides is 1. The summed E-state index contributed by atoms with van der Waals surface area (Å²) in [5.74, 6) is -3.80. The molecule has 0 aliphatic carbocycles. The summed E-state index contributed by atoms with van der Waals surface area (Å²) in [5.41, 5.74) is 4.27. The van der Waals surface area contributed by atoms with Crippen LogP contribution >= 0.6 is 0 Å². The normalized spacial score (nSPS) is 12.6. The molecule has 0 radical (unpaired) electrons. The van der Waals surface area contributed by atoms with Crippen LogP contribution in [0, 0.1) is 15.9 Å². The summed E-state index contributed by atoms with van der Waals surface area (Å²) < 4.78 is 13.2. The first-order valence-electron chi connectivity index (χ1n) is 8.68. The SMILES string of the molecule is NC(=O)CCN(C(=O)CN1C(=O)c2cccc([N+](=O)[O-])c2C1=O)c1ccc(F)cc1. The number of benzene rings is 2. The van der Waals surface area contributed by atoms with Crippen molar-refractivity contribution in [2.24, 2.45) is 5.73 Å². The van der Waals surface area contributed by atoms with E-state index in [2.05, 4.69) is 0 Å². The van der Waals surface area contributed by atoms with Crippen molar-refractivity contribution in [2.45, 2.75) is 6.42 Å². The molecule has 0 atom stereocenters. The van der Waals surface area contributed by atoms with E-state index in [0.29, 0.717) is 4.90 Å². The number of hydrogen-bond donors (Lipinski definition) is 1. The van der Waals surface area contributed by atoms with Gasteiger partial charge in [0.25, 0.3) is 17.5 Å². The van der Waals surface area contributed by atoms with Gasteiger partial charge in [-0.1, -0.05) is 6.07 Å². The van der Waals surface area contributed by atoms with Crippen molar-refractivity contribution in [1.82, 2.24) is 4.90 Å². The molecule has 0 fully saturated rings. The maximum Gasteiger partial charge on any atom is 0.282 e. The molecule has 0 bridgehead atoms. The Morgan fingerprint density at radius 2 is 1.77 bits per heavy atom. The minimum atomic E-state index is -0.968. The Labute approximate surface area is 168 Å². The second-order valence-corrected chi connectivity index (χ2v) is 6.39. The molecule has 0 aromatic heterocycles. The van der Waals surface area contributed by atoms with Crippen LogP contribution in [0.15, 0.2) is 42.5 Å². The molecule has 2 aromatic rings. The Bertz CT molecular complexity index is 1070. The number of carbonyl (C=O) groups excluding carboxylic acids is 4. The van der Waals surface area contributed by atoms with Crippen molar-refractivity contribution in [3.63, 3.8) is 0 Å². The van der Waals surface area contributed by atoms with E-state index in [0.717, 1.165) is 23.1 Å². The monoisotopic (exact) mass is 414 g/mol. The predicted octanol–water partition coefficient (Wildman–Crippen LogP) is 1.24. The van der Waals surface area contributed by atoms with E-state index in [1.54, 1.807) is 0 Å². The highest BCUT2D eigenvalue weighted by Crippen LogP contribution is 2.30. The van der Waals surface area contributed by atoms with Crippen LogP contribution in [0.3, 0.4) is 0 Å². The standard InChI is InChI=1S/C19H15FN4O6/c20-11-4-6-12(7-5-11)22(9-8-15(21)25)16(26)10-23-18(27)13-2-1-3-14(24(29)30)17(13)19(23)28/h1-7H,8-10H2,(H2,21,25). The van der Waals surface area contributed by atoms with Gasteiger partial charge in [-0.25, -0.2) is 4.39 Å². The fourth-order valence-electron chi connectivity index (χ4n) is 3.07. The molecule has 0 saturated heterocycles. The van der Waals surface area contributed by atoms with E-state index in [9.17, 15) is 33.7 Å². The van der Waals surface area contributed by atoms with Gasteiger partial charge in [-0.3, -0.25) is 34.2 Å². The van der Waals surface area contributed by atoms with Crippen LogP contribution in [0.2, 0.25) is 0 Å². The summed E-state index contributed by atoms with van der Waals surface area (Å²) in [6.07, 6.45) is -0.212. The molecule has 30 heavy (non-hydrogen) atoms. The van der Waals surface area contributed by atoms with Crippen LogP contribution in [-0.4, -0.2) is 46.5 Å². The van der Waals surface area contributed by atoms with Crippen molar-refractivity contribution in [1.29, 1.82) is 0 Å². The Kier molecular flexibility index (Phi) is 5.54. The largest absolute Gasteiger partial charge is 0.370 e. The minimum absolute atomic E-state index is 0.164. The summed E-state index contributed by atoms with van der Waals surface area (Å²) in [6.45, 7) is -0.886. The third-order valence-electron chi connectivity index (χ3n) is 4.49. The average Bonchev–Trinajstić information content (AvgIpc) is 2.94. The van der Waals surface area contributed by atoms with Gasteiger partial charge in [0, 0.05) is 24.7 Å². The number of nitro benzene ring substituents is 1. The van der Waals surface area contributed by atoms with Gasteiger partial charge in [0.1, 0.15) is 17.9 Å². The molecule has 1 aliphatic rings. The lowest BCUT2D eigenvalue weighted by molar-refractivity contribution is -0.385.